The molecule has 0 atom stereocenters. The highest BCUT2D eigenvalue weighted by Crippen LogP contribution is 2.62. The van der Waals surface area contributed by atoms with Crippen molar-refractivity contribution in [2.45, 2.75) is 5.41 Å². The predicted molar refractivity (Wildman–Crippen MR) is 247 cm³/mol. The minimum atomic E-state index is -0.505. The van der Waals surface area contributed by atoms with Crippen molar-refractivity contribution in [3.63, 3.8) is 0 Å². The highest BCUT2D eigenvalue weighted by molar-refractivity contribution is 6.27. The van der Waals surface area contributed by atoms with Crippen molar-refractivity contribution >= 4 is 60.4 Å². The summed E-state index contributed by atoms with van der Waals surface area (Å²) in [6, 6.07) is 81.0. The first-order valence-electron chi connectivity index (χ1n) is 20.5. The van der Waals surface area contributed by atoms with E-state index in [2.05, 4.69) is 228 Å². The van der Waals surface area contributed by atoms with Gasteiger partial charge in [-0.15, -0.1) is 0 Å². The average molecular weight is 749 g/mol. The Labute approximate surface area is 342 Å². The second-order valence-corrected chi connectivity index (χ2v) is 16.0. The fraction of sp³-hybridized carbons (Fsp3) is 0.0175. The highest BCUT2D eigenvalue weighted by Gasteiger charge is 2.50. The Morgan fingerprint density at radius 2 is 0.898 bits per heavy atom. The van der Waals surface area contributed by atoms with Crippen molar-refractivity contribution in [3.8, 4) is 27.9 Å². The quantitative estimate of drug-likeness (QED) is 0.170. The van der Waals surface area contributed by atoms with Crippen molar-refractivity contribution in [2.24, 2.45) is 0 Å². The summed E-state index contributed by atoms with van der Waals surface area (Å²) in [5.41, 5.74) is 17.0. The van der Waals surface area contributed by atoms with Gasteiger partial charge in [0.2, 0.25) is 0 Å². The number of benzene rings is 10. The molecule has 0 bridgehead atoms. The minimum absolute atomic E-state index is 0.505. The lowest BCUT2D eigenvalue weighted by atomic mass is 9.62. The van der Waals surface area contributed by atoms with Gasteiger partial charge in [-0.3, -0.25) is 0 Å². The van der Waals surface area contributed by atoms with E-state index in [1.807, 2.05) is 0 Å². The molecule has 10 aromatic carbocycles. The van der Waals surface area contributed by atoms with E-state index in [9.17, 15) is 0 Å². The van der Waals surface area contributed by atoms with Crippen LogP contribution in [0.5, 0.6) is 0 Å². The molecule has 0 fully saturated rings. The summed E-state index contributed by atoms with van der Waals surface area (Å²) in [5, 5.41) is 7.79. The van der Waals surface area contributed by atoms with E-state index in [4.69, 9.17) is 0 Å². The summed E-state index contributed by atoms with van der Waals surface area (Å²) in [6.45, 7) is 0. The molecule has 2 aliphatic carbocycles. The van der Waals surface area contributed by atoms with E-state index in [-0.39, 0.29) is 0 Å². The minimum Gasteiger partial charge on any atom is -0.311 e. The molecule has 1 heterocycles. The third-order valence-electron chi connectivity index (χ3n) is 13.1. The van der Waals surface area contributed by atoms with Crippen molar-refractivity contribution in [3.05, 3.63) is 241 Å². The molecule has 1 spiro atoms. The lowest BCUT2D eigenvalue weighted by Crippen LogP contribution is -2.30. The first kappa shape index (κ1) is 32.4. The molecule has 0 N–H and O–H groups in total. The summed E-state index contributed by atoms with van der Waals surface area (Å²) < 4.78 is 2.51. The molecule has 13 rings (SSSR count). The maximum Gasteiger partial charge on any atom is 0.0726 e. The van der Waals surface area contributed by atoms with Crippen molar-refractivity contribution in [1.29, 1.82) is 0 Å². The molecule has 59 heavy (non-hydrogen) atoms. The largest absolute Gasteiger partial charge is 0.311 e. The monoisotopic (exact) mass is 748 g/mol. The maximum atomic E-state index is 2.52. The van der Waals surface area contributed by atoms with E-state index in [0.29, 0.717) is 0 Å². The van der Waals surface area contributed by atoms with Gasteiger partial charge < -0.3 is 9.47 Å². The smallest absolute Gasteiger partial charge is 0.0726 e. The molecule has 1 aromatic heterocycles. The zero-order chi connectivity index (χ0) is 38.7. The second kappa shape index (κ2) is 12.2. The number of para-hydroxylation sites is 2. The standard InChI is InChI=1S/C57H36N2/c1-3-16-42(17-4-1)58(43-18-5-2-6-19-43)44-30-26-38(27-31-44)41-34-40-29-33-53-56-54(40)51(36-41)57(48-22-11-9-20-46(48)47-21-10-12-23-49(47)57)50-24-13-25-52(55(50)56)59(53)45-32-28-37-14-7-8-15-39(37)35-45/h1-36H. The van der Waals surface area contributed by atoms with Crippen LogP contribution in [0.3, 0.4) is 0 Å². The predicted octanol–water partition coefficient (Wildman–Crippen LogP) is 14.9. The summed E-state index contributed by atoms with van der Waals surface area (Å²) >= 11 is 0. The highest BCUT2D eigenvalue weighted by atomic mass is 15.1. The lowest BCUT2D eigenvalue weighted by molar-refractivity contribution is 0.783. The average Bonchev–Trinajstić information content (AvgIpc) is 3.80. The first-order chi connectivity index (χ1) is 29.3. The van der Waals surface area contributed by atoms with Crippen LogP contribution >= 0.6 is 0 Å². The molecule has 0 amide bonds. The van der Waals surface area contributed by atoms with Crippen LogP contribution in [0.2, 0.25) is 0 Å². The van der Waals surface area contributed by atoms with Gasteiger partial charge in [0.25, 0.3) is 0 Å². The number of rotatable bonds is 5. The topological polar surface area (TPSA) is 8.17 Å². The Bertz CT molecular complexity index is 3400. The normalized spacial score (nSPS) is 13.2. The molecule has 0 aliphatic heterocycles. The van der Waals surface area contributed by atoms with E-state index >= 15 is 0 Å². The zero-order valence-corrected chi connectivity index (χ0v) is 32.2. The van der Waals surface area contributed by atoms with E-state index in [0.717, 1.165) is 17.1 Å². The van der Waals surface area contributed by atoms with E-state index in [1.165, 1.54) is 93.5 Å². The molecule has 2 heteroatoms. The fourth-order valence-electron chi connectivity index (χ4n) is 10.7. The van der Waals surface area contributed by atoms with Gasteiger partial charge in [0.05, 0.1) is 16.4 Å². The second-order valence-electron chi connectivity index (χ2n) is 16.0. The van der Waals surface area contributed by atoms with Gasteiger partial charge in [0.1, 0.15) is 0 Å². The summed E-state index contributed by atoms with van der Waals surface area (Å²) in [6.07, 6.45) is 0. The molecule has 2 nitrogen and oxygen atoms in total. The Morgan fingerprint density at radius 3 is 1.61 bits per heavy atom. The Kier molecular flexibility index (Phi) is 6.68. The van der Waals surface area contributed by atoms with Crippen LogP contribution in [-0.4, -0.2) is 4.57 Å². The molecular formula is C57H36N2. The van der Waals surface area contributed by atoms with Gasteiger partial charge in [-0.25, -0.2) is 0 Å². The summed E-state index contributed by atoms with van der Waals surface area (Å²) in [5.74, 6) is 0. The van der Waals surface area contributed by atoms with Crippen molar-refractivity contribution < 1.29 is 0 Å². The Hall–Kier alpha value is -7.68. The number of anilines is 3. The van der Waals surface area contributed by atoms with Crippen molar-refractivity contribution in [1.82, 2.24) is 4.57 Å². The number of nitrogens with zero attached hydrogens (tertiary/aromatic N) is 2. The number of fused-ring (bicyclic) bond motifs is 8. The van der Waals surface area contributed by atoms with Gasteiger partial charge in [-0.1, -0.05) is 146 Å². The van der Waals surface area contributed by atoms with Crippen LogP contribution < -0.4 is 4.90 Å². The fourth-order valence-corrected chi connectivity index (χ4v) is 10.7. The van der Waals surface area contributed by atoms with E-state index in [1.54, 1.807) is 0 Å². The molecule has 274 valence electrons. The third kappa shape index (κ3) is 4.40. The maximum absolute atomic E-state index is 2.52. The summed E-state index contributed by atoms with van der Waals surface area (Å²) in [4.78, 5) is 2.33. The number of aromatic nitrogens is 1. The van der Waals surface area contributed by atoms with E-state index < -0.39 is 5.41 Å². The van der Waals surface area contributed by atoms with Gasteiger partial charge in [-0.2, -0.15) is 0 Å². The first-order valence-corrected chi connectivity index (χ1v) is 20.5. The van der Waals surface area contributed by atoms with Crippen LogP contribution in [0, 0.1) is 0 Å². The molecule has 0 saturated carbocycles. The van der Waals surface area contributed by atoms with Gasteiger partial charge in [-0.05, 0) is 139 Å². The number of hydrogen-bond acceptors (Lipinski definition) is 1. The summed E-state index contributed by atoms with van der Waals surface area (Å²) in [7, 11) is 0. The van der Waals surface area contributed by atoms with Crippen LogP contribution in [0.4, 0.5) is 17.1 Å². The van der Waals surface area contributed by atoms with Crippen LogP contribution in [0.25, 0.3) is 71.3 Å². The molecule has 0 unspecified atom stereocenters. The molecule has 11 aromatic rings. The molecule has 0 saturated heterocycles. The van der Waals surface area contributed by atoms with Crippen LogP contribution in [-0.2, 0) is 5.41 Å². The van der Waals surface area contributed by atoms with Gasteiger partial charge >= 0.3 is 0 Å². The SMILES string of the molecule is c1ccc(N(c2ccccc2)c2ccc(-c3cc4c5c(ccc6c5c5c(cccc5n6-c5ccc6ccccc6c5)C45c4ccccc4-c4ccccc45)c3)cc2)cc1. The van der Waals surface area contributed by atoms with Gasteiger partial charge in [0, 0.05) is 33.5 Å². The van der Waals surface area contributed by atoms with Crippen LogP contribution in [0.1, 0.15) is 22.3 Å². The third-order valence-corrected chi connectivity index (χ3v) is 13.1. The number of hydrogen-bond donors (Lipinski definition) is 0. The lowest BCUT2D eigenvalue weighted by Gasteiger charge is -2.38. The molecule has 2 aliphatic rings. The zero-order valence-electron chi connectivity index (χ0n) is 32.2. The van der Waals surface area contributed by atoms with Crippen LogP contribution in [0.15, 0.2) is 218 Å². The Morgan fingerprint density at radius 1 is 0.322 bits per heavy atom. The van der Waals surface area contributed by atoms with Gasteiger partial charge in [0.15, 0.2) is 0 Å². The Balaban J connectivity index is 1.10. The molecule has 0 radical (unpaired) electrons. The van der Waals surface area contributed by atoms with Crippen molar-refractivity contribution in [2.75, 3.05) is 4.90 Å². The molecular weight excluding hydrogens is 713 g/mol.